The number of nitrogens with zero attached hydrogens (tertiary/aromatic N) is 1. The van der Waals surface area contributed by atoms with Gasteiger partial charge >= 0.3 is 0 Å². The van der Waals surface area contributed by atoms with E-state index < -0.39 is 11.8 Å². The fourth-order valence-corrected chi connectivity index (χ4v) is 3.54. The second-order valence-electron chi connectivity index (χ2n) is 6.21. The molecule has 0 aliphatic carbocycles. The number of carbonyl (C=O) groups excluding carboxylic acids is 2. The van der Waals surface area contributed by atoms with Crippen LogP contribution in [0.3, 0.4) is 0 Å². The van der Waals surface area contributed by atoms with E-state index in [2.05, 4.69) is 5.32 Å². The van der Waals surface area contributed by atoms with E-state index in [4.69, 9.17) is 40.2 Å². The zero-order chi connectivity index (χ0) is 20.6. The van der Waals surface area contributed by atoms with Gasteiger partial charge in [-0.05, 0) is 73.1 Å². The van der Waals surface area contributed by atoms with Crippen molar-refractivity contribution in [2.75, 3.05) is 12.0 Å². The lowest BCUT2D eigenvalue weighted by Gasteiger charge is -2.29. The minimum absolute atomic E-state index is 0.0565. The summed E-state index contributed by atoms with van der Waals surface area (Å²) in [5.74, 6) is -0.421. The lowest BCUT2D eigenvalue weighted by atomic mass is 10.0. The molecule has 28 heavy (non-hydrogen) atoms. The van der Waals surface area contributed by atoms with Crippen LogP contribution in [0.2, 0.25) is 10.0 Å². The standard InChI is InChI=1S/C20H16Cl2N2O3S/c1-10-8-16(27-3)11(2)7-12(10)9-13-18(25)23-20(28)24(19(13)26)15-6-4-5-14(21)17(15)22/h4-9H,1-3H3,(H,23,25,28). The SMILES string of the molecule is COc1cc(C)c(C=C2C(=O)NC(=S)N(c3cccc(Cl)c3Cl)C2=O)cc1C. The molecule has 5 nitrogen and oxygen atoms in total. The van der Waals surface area contributed by atoms with Gasteiger partial charge in [0.05, 0.1) is 22.8 Å². The average Bonchev–Trinajstić information content (AvgIpc) is 2.64. The number of anilines is 1. The van der Waals surface area contributed by atoms with Crippen LogP contribution in [-0.2, 0) is 9.59 Å². The van der Waals surface area contributed by atoms with Gasteiger partial charge in [0.25, 0.3) is 11.8 Å². The summed E-state index contributed by atoms with van der Waals surface area (Å²) in [7, 11) is 1.59. The molecular weight excluding hydrogens is 419 g/mol. The van der Waals surface area contributed by atoms with E-state index in [1.54, 1.807) is 25.3 Å². The smallest absolute Gasteiger partial charge is 0.270 e. The first-order valence-electron chi connectivity index (χ1n) is 8.25. The third kappa shape index (κ3) is 3.63. The third-order valence-corrected chi connectivity index (χ3v) is 5.45. The number of amides is 2. The molecule has 1 aliphatic rings. The highest BCUT2D eigenvalue weighted by molar-refractivity contribution is 7.80. The molecule has 0 radical (unpaired) electrons. The van der Waals surface area contributed by atoms with Gasteiger partial charge in [-0.1, -0.05) is 29.3 Å². The molecule has 0 aromatic heterocycles. The van der Waals surface area contributed by atoms with Crippen molar-refractivity contribution in [3.63, 3.8) is 0 Å². The van der Waals surface area contributed by atoms with Crippen LogP contribution in [0.25, 0.3) is 6.08 Å². The van der Waals surface area contributed by atoms with Crippen molar-refractivity contribution in [1.82, 2.24) is 5.32 Å². The van der Waals surface area contributed by atoms with E-state index in [0.717, 1.165) is 22.4 Å². The van der Waals surface area contributed by atoms with Crippen LogP contribution < -0.4 is 15.0 Å². The molecule has 2 amide bonds. The van der Waals surface area contributed by atoms with E-state index in [1.807, 2.05) is 26.0 Å². The van der Waals surface area contributed by atoms with Crippen LogP contribution in [-0.4, -0.2) is 24.0 Å². The Balaban J connectivity index is 2.09. The number of thiocarbonyl (C=S) groups is 1. The molecule has 1 heterocycles. The van der Waals surface area contributed by atoms with Crippen molar-refractivity contribution in [3.8, 4) is 5.75 Å². The van der Waals surface area contributed by atoms with Gasteiger partial charge in [0.15, 0.2) is 5.11 Å². The summed E-state index contributed by atoms with van der Waals surface area (Å²) in [5.41, 5.74) is 2.71. The van der Waals surface area contributed by atoms with Crippen molar-refractivity contribution in [1.29, 1.82) is 0 Å². The number of hydrogen-bond acceptors (Lipinski definition) is 4. The fraction of sp³-hybridized carbons (Fsp3) is 0.150. The Kier molecular flexibility index (Phi) is 5.74. The summed E-state index contributed by atoms with van der Waals surface area (Å²) in [6.45, 7) is 3.76. The maximum atomic E-state index is 13.1. The number of carbonyl (C=O) groups is 2. The van der Waals surface area contributed by atoms with Gasteiger partial charge in [-0.15, -0.1) is 0 Å². The van der Waals surface area contributed by atoms with Gasteiger partial charge < -0.3 is 4.74 Å². The molecule has 1 N–H and O–H groups in total. The van der Waals surface area contributed by atoms with E-state index in [9.17, 15) is 9.59 Å². The van der Waals surface area contributed by atoms with Crippen molar-refractivity contribution < 1.29 is 14.3 Å². The zero-order valence-corrected chi connectivity index (χ0v) is 17.6. The molecule has 3 rings (SSSR count). The molecule has 144 valence electrons. The molecule has 1 aliphatic heterocycles. The summed E-state index contributed by atoms with van der Waals surface area (Å²) in [5, 5.41) is 2.93. The largest absolute Gasteiger partial charge is 0.496 e. The molecule has 0 bridgehead atoms. The number of halogens is 2. The van der Waals surface area contributed by atoms with Gasteiger partial charge in [-0.25, -0.2) is 0 Å². The first-order chi connectivity index (χ1) is 13.2. The molecule has 1 saturated heterocycles. The molecule has 8 heteroatoms. The summed E-state index contributed by atoms with van der Waals surface area (Å²) in [4.78, 5) is 26.8. The number of hydrogen-bond donors (Lipinski definition) is 1. The van der Waals surface area contributed by atoms with Crippen LogP contribution in [0.4, 0.5) is 5.69 Å². The number of rotatable bonds is 3. The van der Waals surface area contributed by atoms with Crippen LogP contribution in [0, 0.1) is 13.8 Å². The van der Waals surface area contributed by atoms with Crippen LogP contribution in [0.15, 0.2) is 35.9 Å². The number of ether oxygens (including phenoxy) is 1. The van der Waals surface area contributed by atoms with Crippen molar-refractivity contribution >= 4 is 64.1 Å². The molecule has 1 fully saturated rings. The van der Waals surface area contributed by atoms with Gasteiger partial charge in [0.1, 0.15) is 11.3 Å². The number of benzene rings is 2. The molecule has 0 saturated carbocycles. The Hall–Kier alpha value is -2.41. The van der Waals surface area contributed by atoms with E-state index in [0.29, 0.717) is 5.69 Å². The third-order valence-electron chi connectivity index (χ3n) is 4.36. The van der Waals surface area contributed by atoms with E-state index in [1.165, 1.54) is 11.0 Å². The summed E-state index contributed by atoms with van der Waals surface area (Å²) >= 11 is 17.5. The quantitative estimate of drug-likeness (QED) is 0.440. The minimum atomic E-state index is -0.578. The highest BCUT2D eigenvalue weighted by Gasteiger charge is 2.35. The topological polar surface area (TPSA) is 58.6 Å². The molecule has 0 atom stereocenters. The van der Waals surface area contributed by atoms with E-state index in [-0.39, 0.29) is 20.7 Å². The molecule has 0 unspecified atom stereocenters. The van der Waals surface area contributed by atoms with Gasteiger partial charge in [0, 0.05) is 0 Å². The lowest BCUT2D eigenvalue weighted by molar-refractivity contribution is -0.122. The zero-order valence-electron chi connectivity index (χ0n) is 15.3. The van der Waals surface area contributed by atoms with Crippen LogP contribution in [0.5, 0.6) is 5.75 Å². The predicted octanol–water partition coefficient (Wildman–Crippen LogP) is 4.45. The molecular formula is C20H16Cl2N2O3S. The van der Waals surface area contributed by atoms with Gasteiger partial charge in [-0.2, -0.15) is 0 Å². The maximum absolute atomic E-state index is 13.1. The Morgan fingerprint density at radius 3 is 2.54 bits per heavy atom. The lowest BCUT2D eigenvalue weighted by Crippen LogP contribution is -2.54. The van der Waals surface area contributed by atoms with Crippen LogP contribution in [0.1, 0.15) is 16.7 Å². The Bertz CT molecular complexity index is 1050. The van der Waals surface area contributed by atoms with Crippen molar-refractivity contribution in [2.24, 2.45) is 0 Å². The number of methoxy groups -OCH3 is 1. The monoisotopic (exact) mass is 434 g/mol. The average molecular weight is 435 g/mol. The first kappa shape index (κ1) is 20.3. The fourth-order valence-electron chi connectivity index (χ4n) is 2.88. The minimum Gasteiger partial charge on any atom is -0.496 e. The van der Waals surface area contributed by atoms with Gasteiger partial charge in [0.2, 0.25) is 0 Å². The van der Waals surface area contributed by atoms with Crippen LogP contribution >= 0.6 is 35.4 Å². The normalized spacial score (nSPS) is 15.8. The molecule has 2 aromatic rings. The Morgan fingerprint density at radius 2 is 1.86 bits per heavy atom. The Labute approximate surface area is 177 Å². The van der Waals surface area contributed by atoms with Crippen molar-refractivity contribution in [2.45, 2.75) is 13.8 Å². The summed E-state index contributed by atoms with van der Waals surface area (Å²) < 4.78 is 5.31. The second kappa shape index (κ2) is 7.91. The van der Waals surface area contributed by atoms with Gasteiger partial charge in [-0.3, -0.25) is 19.8 Å². The second-order valence-corrected chi connectivity index (χ2v) is 7.38. The van der Waals surface area contributed by atoms with E-state index >= 15 is 0 Å². The molecule has 2 aromatic carbocycles. The maximum Gasteiger partial charge on any atom is 0.270 e. The van der Waals surface area contributed by atoms with Crippen molar-refractivity contribution in [3.05, 3.63) is 62.6 Å². The summed E-state index contributed by atoms with van der Waals surface area (Å²) in [6, 6.07) is 8.56. The first-order valence-corrected chi connectivity index (χ1v) is 9.41. The molecule has 0 spiro atoms. The highest BCUT2D eigenvalue weighted by Crippen LogP contribution is 2.34. The number of aryl methyl sites for hydroxylation is 2. The summed E-state index contributed by atoms with van der Waals surface area (Å²) in [6.07, 6.45) is 1.53. The highest BCUT2D eigenvalue weighted by atomic mass is 35.5. The Morgan fingerprint density at radius 1 is 1.14 bits per heavy atom. The predicted molar refractivity (Wildman–Crippen MR) is 115 cm³/mol. The number of nitrogens with one attached hydrogen (secondary N) is 1.